The Morgan fingerprint density at radius 2 is 2.27 bits per heavy atom. The monoisotopic (exact) mass is 328 g/mol. The van der Waals surface area contributed by atoms with Crippen LogP contribution in [0.1, 0.15) is 12.8 Å². The Morgan fingerprint density at radius 1 is 1.50 bits per heavy atom. The molecule has 1 aromatic heterocycles. The van der Waals surface area contributed by atoms with Crippen molar-refractivity contribution in [3.63, 3.8) is 0 Å². The fraction of sp³-hybridized carbons (Fsp3) is 0.538. The maximum absolute atomic E-state index is 12.5. The molecule has 0 amide bonds. The van der Waals surface area contributed by atoms with E-state index < -0.39 is 22.3 Å². The SMILES string of the molecule is NCC(O)N[C@@H]1CCCN(S(=O)(=O)c2ccccn2)CC1=O. The molecule has 0 radical (unpaired) electrons. The molecular weight excluding hydrogens is 308 g/mol. The number of rotatable bonds is 5. The molecule has 1 saturated heterocycles. The molecule has 2 rings (SSSR count). The number of Topliss-reactive ketones (excluding diaryl/α,β-unsaturated/α-hetero) is 1. The van der Waals surface area contributed by atoms with E-state index >= 15 is 0 Å². The maximum atomic E-state index is 12.5. The van der Waals surface area contributed by atoms with Crippen LogP contribution in [0.5, 0.6) is 0 Å². The molecule has 8 nitrogen and oxygen atoms in total. The number of sulfonamides is 1. The lowest BCUT2D eigenvalue weighted by Crippen LogP contribution is -2.48. The third kappa shape index (κ3) is 3.87. The lowest BCUT2D eigenvalue weighted by Gasteiger charge is -2.20. The Morgan fingerprint density at radius 3 is 2.91 bits per heavy atom. The van der Waals surface area contributed by atoms with Crippen molar-refractivity contribution in [1.82, 2.24) is 14.6 Å². The number of hydrogen-bond acceptors (Lipinski definition) is 7. The molecule has 9 heteroatoms. The van der Waals surface area contributed by atoms with Gasteiger partial charge in [-0.15, -0.1) is 0 Å². The van der Waals surface area contributed by atoms with E-state index in [1.807, 2.05) is 0 Å². The number of nitrogens with two attached hydrogens (primary N) is 1. The lowest BCUT2D eigenvalue weighted by molar-refractivity contribution is -0.121. The number of hydrogen-bond donors (Lipinski definition) is 3. The summed E-state index contributed by atoms with van der Waals surface area (Å²) in [7, 11) is -3.79. The summed E-state index contributed by atoms with van der Waals surface area (Å²) in [5.74, 6) is -0.287. The van der Waals surface area contributed by atoms with Gasteiger partial charge in [-0.2, -0.15) is 4.31 Å². The third-order valence-corrected chi connectivity index (χ3v) is 5.24. The number of aromatic nitrogens is 1. The zero-order valence-electron chi connectivity index (χ0n) is 12.1. The first kappa shape index (κ1) is 17.0. The summed E-state index contributed by atoms with van der Waals surface area (Å²) < 4.78 is 26.1. The second-order valence-electron chi connectivity index (χ2n) is 5.09. The van der Waals surface area contributed by atoms with Gasteiger partial charge in [0, 0.05) is 19.3 Å². The molecule has 2 atom stereocenters. The number of nitrogens with one attached hydrogen (secondary N) is 1. The van der Waals surface area contributed by atoms with Gasteiger partial charge in [0.25, 0.3) is 10.0 Å². The van der Waals surface area contributed by atoms with Gasteiger partial charge >= 0.3 is 0 Å². The number of pyridine rings is 1. The van der Waals surface area contributed by atoms with Gasteiger partial charge in [-0.05, 0) is 25.0 Å². The minimum Gasteiger partial charge on any atom is -0.377 e. The summed E-state index contributed by atoms with van der Waals surface area (Å²) >= 11 is 0. The zero-order chi connectivity index (χ0) is 16.2. The fourth-order valence-electron chi connectivity index (χ4n) is 2.31. The number of nitrogens with zero attached hydrogens (tertiary/aromatic N) is 2. The molecule has 0 spiro atoms. The minimum absolute atomic E-state index is 0.0142. The largest absolute Gasteiger partial charge is 0.377 e. The molecule has 1 aliphatic heterocycles. The Labute approximate surface area is 129 Å². The third-order valence-electron chi connectivity index (χ3n) is 3.48. The first-order valence-corrected chi connectivity index (χ1v) is 8.47. The molecular formula is C13H20N4O4S. The average molecular weight is 328 g/mol. The molecule has 1 aromatic rings. The Kier molecular flexibility index (Phi) is 5.59. The van der Waals surface area contributed by atoms with Crippen molar-refractivity contribution in [2.45, 2.75) is 30.1 Å². The van der Waals surface area contributed by atoms with Crippen molar-refractivity contribution >= 4 is 15.8 Å². The molecule has 22 heavy (non-hydrogen) atoms. The molecule has 1 fully saturated rings. The Hall–Kier alpha value is -1.39. The normalized spacial score (nSPS) is 22.3. The predicted octanol–water partition coefficient (Wildman–Crippen LogP) is -1.33. The predicted molar refractivity (Wildman–Crippen MR) is 79.2 cm³/mol. The van der Waals surface area contributed by atoms with E-state index in [0.717, 1.165) is 4.31 Å². The molecule has 122 valence electrons. The number of aliphatic hydroxyl groups is 1. The van der Waals surface area contributed by atoms with Crippen LogP contribution in [0.25, 0.3) is 0 Å². The van der Waals surface area contributed by atoms with Crippen molar-refractivity contribution in [2.24, 2.45) is 5.73 Å². The summed E-state index contributed by atoms with van der Waals surface area (Å²) in [6.07, 6.45) is 1.37. The maximum Gasteiger partial charge on any atom is 0.260 e. The van der Waals surface area contributed by atoms with Gasteiger partial charge < -0.3 is 10.8 Å². The second kappa shape index (κ2) is 7.25. The van der Waals surface area contributed by atoms with Gasteiger partial charge in [0.2, 0.25) is 0 Å². The molecule has 0 saturated carbocycles. The van der Waals surface area contributed by atoms with Gasteiger partial charge in [-0.25, -0.2) is 13.4 Å². The first-order chi connectivity index (χ1) is 10.4. The molecule has 2 heterocycles. The van der Waals surface area contributed by atoms with Crippen LogP contribution >= 0.6 is 0 Å². The molecule has 1 unspecified atom stereocenters. The van der Waals surface area contributed by atoms with Crippen LogP contribution in [0.2, 0.25) is 0 Å². The minimum atomic E-state index is -3.79. The van der Waals surface area contributed by atoms with Crippen LogP contribution in [-0.2, 0) is 14.8 Å². The van der Waals surface area contributed by atoms with Crippen LogP contribution in [0.15, 0.2) is 29.4 Å². The van der Waals surface area contributed by atoms with E-state index in [1.54, 1.807) is 12.1 Å². The fourth-order valence-corrected chi connectivity index (χ4v) is 3.69. The van der Waals surface area contributed by atoms with Crippen molar-refractivity contribution < 1.29 is 18.3 Å². The van der Waals surface area contributed by atoms with Crippen LogP contribution < -0.4 is 11.1 Å². The second-order valence-corrected chi connectivity index (χ2v) is 6.97. The topological polar surface area (TPSA) is 126 Å². The molecule has 4 N–H and O–H groups in total. The highest BCUT2D eigenvalue weighted by molar-refractivity contribution is 7.89. The number of aliphatic hydroxyl groups excluding tert-OH is 1. The molecule has 1 aliphatic rings. The van der Waals surface area contributed by atoms with E-state index in [-0.39, 0.29) is 30.4 Å². The van der Waals surface area contributed by atoms with Crippen LogP contribution in [0, 0.1) is 0 Å². The van der Waals surface area contributed by atoms with Crippen molar-refractivity contribution in [1.29, 1.82) is 0 Å². The lowest BCUT2D eigenvalue weighted by atomic mass is 10.1. The van der Waals surface area contributed by atoms with Crippen LogP contribution in [0.4, 0.5) is 0 Å². The van der Waals surface area contributed by atoms with E-state index in [9.17, 15) is 18.3 Å². The van der Waals surface area contributed by atoms with Gasteiger partial charge in [-0.1, -0.05) is 6.07 Å². The van der Waals surface area contributed by atoms with Crippen LogP contribution in [-0.4, -0.2) is 60.5 Å². The molecule has 0 aromatic carbocycles. The highest BCUT2D eigenvalue weighted by Crippen LogP contribution is 2.17. The van der Waals surface area contributed by atoms with Gasteiger partial charge in [0.1, 0.15) is 6.23 Å². The van der Waals surface area contributed by atoms with E-state index in [0.29, 0.717) is 12.8 Å². The van der Waals surface area contributed by atoms with Crippen molar-refractivity contribution in [3.8, 4) is 0 Å². The van der Waals surface area contributed by atoms with E-state index in [1.165, 1.54) is 12.3 Å². The van der Waals surface area contributed by atoms with Gasteiger partial charge in [0.05, 0.1) is 12.6 Å². The summed E-state index contributed by atoms with van der Waals surface area (Å²) in [4.78, 5) is 16.1. The summed E-state index contributed by atoms with van der Waals surface area (Å²) in [5, 5.41) is 12.1. The average Bonchev–Trinajstić information content (AvgIpc) is 2.70. The highest BCUT2D eigenvalue weighted by Gasteiger charge is 2.33. The van der Waals surface area contributed by atoms with Crippen LogP contribution in [0.3, 0.4) is 0 Å². The summed E-state index contributed by atoms with van der Waals surface area (Å²) in [6.45, 7) is -0.0187. The van der Waals surface area contributed by atoms with E-state index in [2.05, 4.69) is 10.3 Å². The van der Waals surface area contributed by atoms with Crippen molar-refractivity contribution in [2.75, 3.05) is 19.6 Å². The van der Waals surface area contributed by atoms with Gasteiger partial charge in [0.15, 0.2) is 10.8 Å². The standard InChI is InChI=1S/C13H20N4O4S/c14-8-12(19)16-10-4-3-7-17(9-11(10)18)22(20,21)13-5-1-2-6-15-13/h1-2,5-6,10,12,16,19H,3-4,7-9,14H2/t10-,12?/m1/s1. The van der Waals surface area contributed by atoms with Crippen molar-refractivity contribution in [3.05, 3.63) is 24.4 Å². The van der Waals surface area contributed by atoms with Gasteiger partial charge in [-0.3, -0.25) is 10.1 Å². The summed E-state index contributed by atoms with van der Waals surface area (Å²) in [5.41, 5.74) is 5.31. The number of ketones is 1. The quantitative estimate of drug-likeness (QED) is 0.572. The smallest absolute Gasteiger partial charge is 0.260 e. The number of carbonyl (C=O) groups is 1. The summed E-state index contributed by atoms with van der Waals surface area (Å²) in [6, 6.07) is 4.02. The Balaban J connectivity index is 2.13. The van der Waals surface area contributed by atoms with E-state index in [4.69, 9.17) is 5.73 Å². The highest BCUT2D eigenvalue weighted by atomic mass is 32.2. The Bertz CT molecular complexity index is 608. The molecule has 0 aliphatic carbocycles. The first-order valence-electron chi connectivity index (χ1n) is 7.03. The number of carbonyl (C=O) groups excluding carboxylic acids is 1. The molecule has 0 bridgehead atoms. The zero-order valence-corrected chi connectivity index (χ0v) is 12.9.